The normalized spacial score (nSPS) is 12.5. The maximum Gasteiger partial charge on any atom is 0.137 e. The number of nitrogens with one attached hydrogen (secondary N) is 1. The van der Waals surface area contributed by atoms with Gasteiger partial charge in [-0.05, 0) is 40.1 Å². The molecule has 1 N–H and O–H groups in total. The molecule has 98 valence electrons. The largest absolute Gasteiger partial charge is 0.309 e. The second-order valence-electron chi connectivity index (χ2n) is 5.51. The van der Waals surface area contributed by atoms with Gasteiger partial charge in [0.1, 0.15) is 5.65 Å². The van der Waals surface area contributed by atoms with Crippen LogP contribution in [0.25, 0.3) is 5.65 Å². The van der Waals surface area contributed by atoms with Crippen LogP contribution in [0.1, 0.15) is 19.5 Å². The van der Waals surface area contributed by atoms with Crippen molar-refractivity contribution in [3.05, 3.63) is 36.3 Å². The molecule has 0 aromatic carbocycles. The van der Waals surface area contributed by atoms with E-state index >= 15 is 0 Å². The number of hydrogen-bond donors (Lipinski definition) is 1. The molecule has 0 radical (unpaired) electrons. The first-order valence-corrected chi connectivity index (χ1v) is 6.30. The number of aromatic nitrogens is 2. The number of hydrogen-bond acceptors (Lipinski definition) is 3. The number of nitrogens with zero attached hydrogens (tertiary/aromatic N) is 3. The Morgan fingerprint density at radius 1 is 1.33 bits per heavy atom. The summed E-state index contributed by atoms with van der Waals surface area (Å²) in [4.78, 5) is 6.79. The zero-order valence-corrected chi connectivity index (χ0v) is 11.6. The fourth-order valence-electron chi connectivity index (χ4n) is 1.73. The first-order chi connectivity index (χ1) is 8.49. The van der Waals surface area contributed by atoms with Crippen molar-refractivity contribution in [3.8, 4) is 0 Å². The van der Waals surface area contributed by atoms with Crippen LogP contribution >= 0.6 is 0 Å². The van der Waals surface area contributed by atoms with E-state index in [1.54, 1.807) is 0 Å². The fraction of sp³-hybridized carbons (Fsp3) is 0.500. The molecule has 0 fully saturated rings. The van der Waals surface area contributed by atoms with Gasteiger partial charge in [0, 0.05) is 31.0 Å². The molecule has 0 amide bonds. The lowest BCUT2D eigenvalue weighted by atomic mass is 10.0. The highest BCUT2D eigenvalue weighted by Crippen LogP contribution is 2.09. The predicted octanol–water partition coefficient (Wildman–Crippen LogP) is 1.76. The van der Waals surface area contributed by atoms with Gasteiger partial charge in [0.15, 0.2) is 0 Å². The molecule has 0 saturated heterocycles. The average molecular weight is 246 g/mol. The van der Waals surface area contributed by atoms with Crippen molar-refractivity contribution in [2.45, 2.75) is 25.9 Å². The van der Waals surface area contributed by atoms with Gasteiger partial charge in [0.25, 0.3) is 0 Å². The zero-order valence-electron chi connectivity index (χ0n) is 11.6. The Balaban J connectivity index is 1.94. The minimum Gasteiger partial charge on any atom is -0.309 e. The molecule has 0 saturated carbocycles. The standard InChI is InChI=1S/C14H22N4/c1-14(2,17(3)4)11-15-9-12-10-18-8-6-5-7-13(18)16-12/h5-8,10,15H,9,11H2,1-4H3. The number of pyridine rings is 1. The Hall–Kier alpha value is -1.39. The average Bonchev–Trinajstić information content (AvgIpc) is 2.70. The molecule has 0 aliphatic rings. The third kappa shape index (κ3) is 2.89. The summed E-state index contributed by atoms with van der Waals surface area (Å²) in [5.41, 5.74) is 2.23. The van der Waals surface area contributed by atoms with Crippen LogP contribution < -0.4 is 5.32 Å². The van der Waals surface area contributed by atoms with Crippen LogP contribution in [0.2, 0.25) is 0 Å². The van der Waals surface area contributed by atoms with Crippen molar-refractivity contribution in [1.82, 2.24) is 19.6 Å². The van der Waals surface area contributed by atoms with E-state index < -0.39 is 0 Å². The van der Waals surface area contributed by atoms with Crippen LogP contribution in [-0.2, 0) is 6.54 Å². The molecule has 0 aliphatic heterocycles. The van der Waals surface area contributed by atoms with Crippen LogP contribution in [0.5, 0.6) is 0 Å². The van der Waals surface area contributed by atoms with Crippen molar-refractivity contribution >= 4 is 5.65 Å². The molecule has 2 aromatic rings. The van der Waals surface area contributed by atoms with Crippen molar-refractivity contribution in [3.63, 3.8) is 0 Å². The molecular formula is C14H22N4. The van der Waals surface area contributed by atoms with E-state index in [4.69, 9.17) is 0 Å². The van der Waals surface area contributed by atoms with Crippen LogP contribution in [0.3, 0.4) is 0 Å². The van der Waals surface area contributed by atoms with Gasteiger partial charge in [-0.3, -0.25) is 0 Å². The summed E-state index contributed by atoms with van der Waals surface area (Å²) in [5, 5.41) is 3.47. The van der Waals surface area contributed by atoms with Crippen molar-refractivity contribution in [2.24, 2.45) is 0 Å². The van der Waals surface area contributed by atoms with Gasteiger partial charge >= 0.3 is 0 Å². The molecule has 2 rings (SSSR count). The number of rotatable bonds is 5. The number of imidazole rings is 1. The summed E-state index contributed by atoms with van der Waals surface area (Å²) in [5.74, 6) is 0. The first kappa shape index (κ1) is 13.1. The highest BCUT2D eigenvalue weighted by atomic mass is 15.2. The summed E-state index contributed by atoms with van der Waals surface area (Å²) in [7, 11) is 4.21. The Morgan fingerprint density at radius 3 is 2.78 bits per heavy atom. The van der Waals surface area contributed by atoms with Gasteiger partial charge in [-0.2, -0.15) is 0 Å². The SMILES string of the molecule is CN(C)C(C)(C)CNCc1cn2ccccc2n1. The lowest BCUT2D eigenvalue weighted by Gasteiger charge is -2.32. The van der Waals surface area contributed by atoms with Crippen molar-refractivity contribution in [2.75, 3.05) is 20.6 Å². The van der Waals surface area contributed by atoms with Gasteiger partial charge in [-0.1, -0.05) is 6.07 Å². The third-order valence-electron chi connectivity index (χ3n) is 3.49. The molecular weight excluding hydrogens is 224 g/mol. The highest BCUT2D eigenvalue weighted by molar-refractivity contribution is 5.39. The van der Waals surface area contributed by atoms with E-state index in [2.05, 4.69) is 49.3 Å². The minimum absolute atomic E-state index is 0.152. The Kier molecular flexibility index (Phi) is 3.68. The monoisotopic (exact) mass is 246 g/mol. The molecule has 0 aliphatic carbocycles. The number of likely N-dealkylation sites (N-methyl/N-ethyl adjacent to an activating group) is 1. The van der Waals surface area contributed by atoms with Gasteiger partial charge < -0.3 is 14.6 Å². The van der Waals surface area contributed by atoms with Crippen LogP contribution in [0.15, 0.2) is 30.6 Å². The topological polar surface area (TPSA) is 32.6 Å². The predicted molar refractivity (Wildman–Crippen MR) is 74.7 cm³/mol. The van der Waals surface area contributed by atoms with Gasteiger partial charge in [-0.25, -0.2) is 4.98 Å². The summed E-state index contributed by atoms with van der Waals surface area (Å²) in [6.07, 6.45) is 4.10. The van der Waals surface area contributed by atoms with E-state index in [1.807, 2.05) is 28.8 Å². The van der Waals surface area contributed by atoms with E-state index in [9.17, 15) is 0 Å². The maximum absolute atomic E-state index is 4.56. The lowest BCUT2D eigenvalue weighted by Crippen LogP contribution is -2.46. The summed E-state index contributed by atoms with van der Waals surface area (Å²) >= 11 is 0. The Labute approximate surface area is 109 Å². The van der Waals surface area contributed by atoms with Crippen LogP contribution in [0.4, 0.5) is 0 Å². The Bertz CT molecular complexity index is 480. The summed E-state index contributed by atoms with van der Waals surface area (Å²) in [6.45, 7) is 6.19. The van der Waals surface area contributed by atoms with Crippen LogP contribution in [0, 0.1) is 0 Å². The van der Waals surface area contributed by atoms with Gasteiger partial charge in [0.2, 0.25) is 0 Å². The minimum atomic E-state index is 0.152. The highest BCUT2D eigenvalue weighted by Gasteiger charge is 2.19. The molecule has 4 heteroatoms. The molecule has 2 aromatic heterocycles. The molecule has 0 spiro atoms. The molecule has 0 bridgehead atoms. The summed E-state index contributed by atoms with van der Waals surface area (Å²) < 4.78 is 2.05. The zero-order chi connectivity index (χ0) is 13.2. The Morgan fingerprint density at radius 2 is 2.11 bits per heavy atom. The maximum atomic E-state index is 4.56. The second kappa shape index (κ2) is 5.08. The van der Waals surface area contributed by atoms with Crippen molar-refractivity contribution < 1.29 is 0 Å². The van der Waals surface area contributed by atoms with Gasteiger partial charge in [-0.15, -0.1) is 0 Å². The van der Waals surface area contributed by atoms with Gasteiger partial charge in [0.05, 0.1) is 5.69 Å². The molecule has 4 nitrogen and oxygen atoms in total. The first-order valence-electron chi connectivity index (χ1n) is 6.30. The van der Waals surface area contributed by atoms with E-state index in [0.29, 0.717) is 0 Å². The van der Waals surface area contributed by atoms with E-state index in [-0.39, 0.29) is 5.54 Å². The quantitative estimate of drug-likeness (QED) is 0.872. The molecule has 0 atom stereocenters. The fourth-order valence-corrected chi connectivity index (χ4v) is 1.73. The molecule has 18 heavy (non-hydrogen) atoms. The molecule has 0 unspecified atom stereocenters. The lowest BCUT2D eigenvalue weighted by molar-refractivity contribution is 0.189. The van der Waals surface area contributed by atoms with E-state index in [1.165, 1.54) is 0 Å². The smallest absolute Gasteiger partial charge is 0.137 e. The second-order valence-corrected chi connectivity index (χ2v) is 5.51. The molecule has 2 heterocycles. The third-order valence-corrected chi connectivity index (χ3v) is 3.49. The van der Waals surface area contributed by atoms with Crippen molar-refractivity contribution in [1.29, 1.82) is 0 Å². The number of fused-ring (bicyclic) bond motifs is 1. The van der Waals surface area contributed by atoms with E-state index in [0.717, 1.165) is 24.4 Å². The summed E-state index contributed by atoms with van der Waals surface area (Å²) in [6, 6.07) is 6.04. The van der Waals surface area contributed by atoms with Crippen LogP contribution in [-0.4, -0.2) is 40.5 Å².